The monoisotopic (exact) mass is 373 g/mol. The Labute approximate surface area is 156 Å². The number of thiazole rings is 1. The van der Waals surface area contributed by atoms with E-state index in [0.29, 0.717) is 11.6 Å². The number of amides is 1. The molecule has 0 fully saturated rings. The van der Waals surface area contributed by atoms with Crippen molar-refractivity contribution >= 4 is 39.1 Å². The predicted molar refractivity (Wildman–Crippen MR) is 104 cm³/mol. The molecule has 0 aliphatic heterocycles. The van der Waals surface area contributed by atoms with Crippen LogP contribution in [0.25, 0.3) is 10.2 Å². The highest BCUT2D eigenvalue weighted by atomic mass is 35.5. The Kier molecular flexibility index (Phi) is 6.02. The third-order valence-corrected chi connectivity index (χ3v) is 5.38. The quantitative estimate of drug-likeness (QED) is 0.659. The van der Waals surface area contributed by atoms with Gasteiger partial charge in [0.2, 0.25) is 5.91 Å². The number of aromatic nitrogens is 1. The summed E-state index contributed by atoms with van der Waals surface area (Å²) in [6, 6.07) is 15.7. The lowest BCUT2D eigenvalue weighted by molar-refractivity contribution is -0.120. The molecule has 1 heterocycles. The van der Waals surface area contributed by atoms with Gasteiger partial charge < -0.3 is 10.6 Å². The van der Waals surface area contributed by atoms with Crippen LogP contribution in [0.15, 0.2) is 48.5 Å². The minimum atomic E-state index is -0.0278. The van der Waals surface area contributed by atoms with Crippen LogP contribution in [-0.2, 0) is 11.2 Å². The first-order valence-electron chi connectivity index (χ1n) is 8.22. The van der Waals surface area contributed by atoms with Crippen molar-refractivity contribution in [2.75, 3.05) is 13.1 Å². The van der Waals surface area contributed by atoms with Gasteiger partial charge in [0, 0.05) is 24.0 Å². The van der Waals surface area contributed by atoms with Crippen LogP contribution in [-0.4, -0.2) is 24.0 Å². The minimum Gasteiger partial charge on any atom is -0.355 e. The molecule has 0 unspecified atom stereocenters. The number of nitrogens with zero attached hydrogens (tertiary/aromatic N) is 1. The Morgan fingerprint density at radius 2 is 1.96 bits per heavy atom. The van der Waals surface area contributed by atoms with Crippen LogP contribution in [0.2, 0.25) is 5.02 Å². The average molecular weight is 374 g/mol. The topological polar surface area (TPSA) is 54.0 Å². The Morgan fingerprint density at radius 1 is 1.20 bits per heavy atom. The van der Waals surface area contributed by atoms with Crippen molar-refractivity contribution in [3.8, 4) is 0 Å². The van der Waals surface area contributed by atoms with E-state index in [1.54, 1.807) is 11.3 Å². The molecule has 0 aliphatic carbocycles. The van der Waals surface area contributed by atoms with Gasteiger partial charge in [0.1, 0.15) is 0 Å². The highest BCUT2D eigenvalue weighted by Gasteiger charge is 2.10. The van der Waals surface area contributed by atoms with Crippen molar-refractivity contribution in [1.82, 2.24) is 15.6 Å². The minimum absolute atomic E-state index is 0.0173. The van der Waals surface area contributed by atoms with Gasteiger partial charge in [0.25, 0.3) is 0 Å². The molecule has 0 spiro atoms. The van der Waals surface area contributed by atoms with E-state index in [1.807, 2.05) is 49.4 Å². The number of rotatable bonds is 7. The fourth-order valence-corrected chi connectivity index (χ4v) is 3.85. The van der Waals surface area contributed by atoms with Crippen molar-refractivity contribution in [3.63, 3.8) is 0 Å². The van der Waals surface area contributed by atoms with Crippen molar-refractivity contribution in [1.29, 1.82) is 0 Å². The Balaban J connectivity index is 1.43. The van der Waals surface area contributed by atoms with Gasteiger partial charge in [-0.05, 0) is 30.7 Å². The van der Waals surface area contributed by atoms with Crippen molar-refractivity contribution < 1.29 is 4.79 Å². The first-order valence-corrected chi connectivity index (χ1v) is 9.42. The molecule has 130 valence electrons. The highest BCUT2D eigenvalue weighted by Crippen LogP contribution is 2.22. The van der Waals surface area contributed by atoms with Crippen LogP contribution >= 0.6 is 22.9 Å². The fourth-order valence-electron chi connectivity index (χ4n) is 2.58. The first-order chi connectivity index (χ1) is 12.1. The Bertz CT molecular complexity index is 832. The molecular formula is C19H20ClN3OS. The summed E-state index contributed by atoms with van der Waals surface area (Å²) in [5, 5.41) is 7.88. The van der Waals surface area contributed by atoms with Gasteiger partial charge in [0.15, 0.2) is 0 Å². The lowest BCUT2D eigenvalue weighted by Crippen LogP contribution is -2.36. The largest absolute Gasteiger partial charge is 0.355 e. The summed E-state index contributed by atoms with van der Waals surface area (Å²) >= 11 is 7.85. The van der Waals surface area contributed by atoms with Crippen LogP contribution in [0.5, 0.6) is 0 Å². The summed E-state index contributed by atoms with van der Waals surface area (Å²) in [7, 11) is 0. The Hall–Kier alpha value is -1.95. The van der Waals surface area contributed by atoms with E-state index < -0.39 is 0 Å². The summed E-state index contributed by atoms with van der Waals surface area (Å²) in [6.45, 7) is 2.84. The molecule has 0 aliphatic rings. The van der Waals surface area contributed by atoms with E-state index in [9.17, 15) is 4.79 Å². The van der Waals surface area contributed by atoms with Gasteiger partial charge in [-0.3, -0.25) is 4.79 Å². The maximum Gasteiger partial charge on any atom is 0.233 e. The number of fused-ring (bicyclic) bond motifs is 1. The van der Waals surface area contributed by atoms with E-state index in [2.05, 4.69) is 21.7 Å². The van der Waals surface area contributed by atoms with E-state index >= 15 is 0 Å². The number of nitrogens with one attached hydrogen (secondary N) is 2. The van der Waals surface area contributed by atoms with Gasteiger partial charge in [-0.2, -0.15) is 0 Å². The van der Waals surface area contributed by atoms with E-state index in [0.717, 1.165) is 22.5 Å². The number of para-hydroxylation sites is 1. The zero-order valence-electron chi connectivity index (χ0n) is 14.0. The van der Waals surface area contributed by atoms with Gasteiger partial charge >= 0.3 is 0 Å². The predicted octanol–water partition coefficient (Wildman–Crippen LogP) is 3.96. The molecule has 6 heteroatoms. The number of benzene rings is 2. The number of halogens is 1. The standard InChI is InChI=1S/C19H20ClN3OS/c1-13(14-6-2-3-7-15(14)20)22-12-18(24)21-11-10-19-23-16-8-4-5-9-17(16)25-19/h2-9,13,22H,10-12H2,1H3,(H,21,24)/t13-/m0/s1. The second kappa shape index (κ2) is 8.43. The molecule has 25 heavy (non-hydrogen) atoms. The molecule has 1 aromatic heterocycles. The maximum absolute atomic E-state index is 12.0. The molecule has 2 aromatic carbocycles. The SMILES string of the molecule is C[C@H](NCC(=O)NCCc1nc2ccccc2s1)c1ccccc1Cl. The molecule has 1 amide bonds. The molecule has 0 bridgehead atoms. The lowest BCUT2D eigenvalue weighted by Gasteiger charge is -2.15. The Morgan fingerprint density at radius 3 is 2.76 bits per heavy atom. The van der Waals surface area contributed by atoms with E-state index in [1.165, 1.54) is 4.70 Å². The third-order valence-electron chi connectivity index (χ3n) is 3.94. The van der Waals surface area contributed by atoms with Crippen molar-refractivity contribution in [2.45, 2.75) is 19.4 Å². The average Bonchev–Trinajstić information content (AvgIpc) is 3.03. The van der Waals surface area contributed by atoms with Crippen LogP contribution < -0.4 is 10.6 Å². The molecule has 3 aromatic rings. The van der Waals surface area contributed by atoms with Gasteiger partial charge in [-0.1, -0.05) is 41.9 Å². The van der Waals surface area contributed by atoms with Crippen LogP contribution in [0.3, 0.4) is 0 Å². The molecule has 0 saturated heterocycles. The van der Waals surface area contributed by atoms with Gasteiger partial charge in [0.05, 0.1) is 21.8 Å². The zero-order valence-corrected chi connectivity index (χ0v) is 15.5. The van der Waals surface area contributed by atoms with Crippen LogP contribution in [0, 0.1) is 0 Å². The van der Waals surface area contributed by atoms with Crippen molar-refractivity contribution in [3.05, 3.63) is 64.1 Å². The number of carbonyl (C=O) groups excluding carboxylic acids is 1. The highest BCUT2D eigenvalue weighted by molar-refractivity contribution is 7.18. The second-order valence-corrected chi connectivity index (χ2v) is 7.32. The molecule has 1 atom stereocenters. The molecular weight excluding hydrogens is 354 g/mol. The third kappa shape index (κ3) is 4.78. The molecule has 2 N–H and O–H groups in total. The van der Waals surface area contributed by atoms with Crippen molar-refractivity contribution in [2.24, 2.45) is 0 Å². The molecule has 3 rings (SSSR count). The number of carbonyl (C=O) groups is 1. The lowest BCUT2D eigenvalue weighted by atomic mass is 10.1. The zero-order chi connectivity index (χ0) is 17.6. The van der Waals surface area contributed by atoms with Gasteiger partial charge in [-0.15, -0.1) is 11.3 Å². The second-order valence-electron chi connectivity index (χ2n) is 5.80. The summed E-state index contributed by atoms with van der Waals surface area (Å²) < 4.78 is 1.18. The summed E-state index contributed by atoms with van der Waals surface area (Å²) in [4.78, 5) is 16.6. The summed E-state index contributed by atoms with van der Waals surface area (Å²) in [5.41, 5.74) is 2.01. The summed E-state index contributed by atoms with van der Waals surface area (Å²) in [6.07, 6.45) is 0.741. The molecule has 0 saturated carbocycles. The first kappa shape index (κ1) is 17.9. The molecule has 0 radical (unpaired) electrons. The molecule has 4 nitrogen and oxygen atoms in total. The smallest absolute Gasteiger partial charge is 0.233 e. The van der Waals surface area contributed by atoms with Crippen LogP contribution in [0.4, 0.5) is 0 Å². The fraction of sp³-hybridized carbons (Fsp3) is 0.263. The van der Waals surface area contributed by atoms with Crippen LogP contribution in [0.1, 0.15) is 23.5 Å². The van der Waals surface area contributed by atoms with E-state index in [-0.39, 0.29) is 18.5 Å². The maximum atomic E-state index is 12.0. The number of hydrogen-bond donors (Lipinski definition) is 2. The number of hydrogen-bond acceptors (Lipinski definition) is 4. The van der Waals surface area contributed by atoms with E-state index in [4.69, 9.17) is 11.6 Å². The van der Waals surface area contributed by atoms with Gasteiger partial charge in [-0.25, -0.2) is 4.98 Å². The normalized spacial score (nSPS) is 12.2. The summed E-state index contributed by atoms with van der Waals surface area (Å²) in [5.74, 6) is -0.0278.